The van der Waals surface area contributed by atoms with Crippen LogP contribution in [0, 0.1) is 11.3 Å². The van der Waals surface area contributed by atoms with Gasteiger partial charge in [-0.05, 0) is 51.2 Å². The van der Waals surface area contributed by atoms with Crippen LogP contribution in [0.4, 0.5) is 0 Å². The van der Waals surface area contributed by atoms with Crippen molar-refractivity contribution < 1.29 is 0 Å². The molecule has 1 fully saturated rings. The third kappa shape index (κ3) is 2.48. The van der Waals surface area contributed by atoms with Gasteiger partial charge in [0, 0.05) is 0 Å². The molecule has 0 amide bonds. The van der Waals surface area contributed by atoms with Gasteiger partial charge < -0.3 is 4.90 Å². The van der Waals surface area contributed by atoms with Gasteiger partial charge in [0.1, 0.15) is 0 Å². The Bertz CT molecular complexity index is 138. The van der Waals surface area contributed by atoms with Crippen LogP contribution in [-0.4, -0.2) is 25.5 Å². The molecule has 1 nitrogen and oxygen atoms in total. The molecule has 0 saturated heterocycles. The molecule has 0 aromatic rings. The summed E-state index contributed by atoms with van der Waals surface area (Å²) in [6.45, 7) is 6.06. The van der Waals surface area contributed by atoms with Gasteiger partial charge in [0.2, 0.25) is 0 Å². The van der Waals surface area contributed by atoms with Gasteiger partial charge in [0.25, 0.3) is 0 Å². The van der Waals surface area contributed by atoms with Crippen LogP contribution in [0.2, 0.25) is 0 Å². The van der Waals surface area contributed by atoms with Crippen molar-refractivity contribution in [3.8, 4) is 0 Å². The summed E-state index contributed by atoms with van der Waals surface area (Å²) in [5, 5.41) is 0. The normalized spacial score (nSPS) is 22.8. The zero-order valence-corrected chi connectivity index (χ0v) is 9.06. The highest BCUT2D eigenvalue weighted by Gasteiger charge is 2.39. The summed E-state index contributed by atoms with van der Waals surface area (Å²) < 4.78 is 0. The summed E-state index contributed by atoms with van der Waals surface area (Å²) in [5.41, 5.74) is 0.643. The van der Waals surface area contributed by atoms with Crippen LogP contribution >= 0.6 is 0 Å². The Hall–Kier alpha value is -0.0400. The molecule has 1 unspecified atom stereocenters. The maximum Gasteiger partial charge on any atom is -0.00195 e. The lowest BCUT2D eigenvalue weighted by atomic mass is 9.79. The van der Waals surface area contributed by atoms with Crippen molar-refractivity contribution in [2.24, 2.45) is 11.3 Å². The second kappa shape index (κ2) is 3.78. The lowest BCUT2D eigenvalue weighted by Crippen LogP contribution is -2.25. The third-order valence-electron chi connectivity index (χ3n) is 3.50. The summed E-state index contributed by atoms with van der Waals surface area (Å²) >= 11 is 0. The molecule has 1 saturated carbocycles. The van der Waals surface area contributed by atoms with E-state index >= 15 is 0 Å². The van der Waals surface area contributed by atoms with Crippen LogP contribution in [0.15, 0.2) is 0 Å². The first-order chi connectivity index (χ1) is 5.58. The molecule has 1 atom stereocenters. The predicted molar refractivity (Wildman–Crippen MR) is 54.3 cm³/mol. The van der Waals surface area contributed by atoms with Crippen molar-refractivity contribution in [2.45, 2.75) is 39.5 Å². The van der Waals surface area contributed by atoms with Crippen molar-refractivity contribution in [1.29, 1.82) is 0 Å². The molecule has 0 bridgehead atoms. The van der Waals surface area contributed by atoms with E-state index in [4.69, 9.17) is 0 Å². The minimum atomic E-state index is 0.643. The number of hydrogen-bond donors (Lipinski definition) is 0. The first-order valence-corrected chi connectivity index (χ1v) is 5.23. The van der Waals surface area contributed by atoms with Gasteiger partial charge in [-0.1, -0.05) is 20.3 Å². The van der Waals surface area contributed by atoms with E-state index < -0.39 is 0 Å². The summed E-state index contributed by atoms with van der Waals surface area (Å²) in [5.74, 6) is 1.04. The zero-order chi connectivity index (χ0) is 9.19. The fourth-order valence-corrected chi connectivity index (χ4v) is 1.93. The van der Waals surface area contributed by atoms with Gasteiger partial charge in [-0.15, -0.1) is 0 Å². The van der Waals surface area contributed by atoms with Gasteiger partial charge in [-0.25, -0.2) is 0 Å². The average molecular weight is 169 g/mol. The predicted octanol–water partition coefficient (Wildman–Crippen LogP) is 2.76. The van der Waals surface area contributed by atoms with Crippen LogP contribution in [0.25, 0.3) is 0 Å². The van der Waals surface area contributed by atoms with Crippen LogP contribution < -0.4 is 0 Å². The summed E-state index contributed by atoms with van der Waals surface area (Å²) in [6, 6.07) is 0. The lowest BCUT2D eigenvalue weighted by Gasteiger charge is -2.29. The van der Waals surface area contributed by atoms with E-state index in [2.05, 4.69) is 32.8 Å². The van der Waals surface area contributed by atoms with E-state index in [-0.39, 0.29) is 0 Å². The molecule has 72 valence electrons. The number of hydrogen-bond acceptors (Lipinski definition) is 1. The van der Waals surface area contributed by atoms with Gasteiger partial charge in [-0.3, -0.25) is 0 Å². The fraction of sp³-hybridized carbons (Fsp3) is 1.00. The van der Waals surface area contributed by atoms with Crippen molar-refractivity contribution in [1.82, 2.24) is 4.90 Å². The molecule has 0 aromatic carbocycles. The highest BCUT2D eigenvalue weighted by atomic mass is 15.0. The molecule has 0 heterocycles. The number of rotatable bonds is 5. The monoisotopic (exact) mass is 169 g/mol. The third-order valence-corrected chi connectivity index (χ3v) is 3.50. The highest BCUT2D eigenvalue weighted by Crippen LogP contribution is 2.49. The Morgan fingerprint density at radius 3 is 2.25 bits per heavy atom. The van der Waals surface area contributed by atoms with Crippen molar-refractivity contribution in [2.75, 3.05) is 20.6 Å². The average Bonchev–Trinajstić information content (AvgIpc) is 2.82. The first-order valence-electron chi connectivity index (χ1n) is 5.23. The second-order valence-corrected chi connectivity index (χ2v) is 4.84. The molecule has 12 heavy (non-hydrogen) atoms. The van der Waals surface area contributed by atoms with Crippen LogP contribution in [0.3, 0.4) is 0 Å². The van der Waals surface area contributed by atoms with Gasteiger partial charge in [0.15, 0.2) is 0 Å². The van der Waals surface area contributed by atoms with Gasteiger partial charge >= 0.3 is 0 Å². The van der Waals surface area contributed by atoms with E-state index in [1.165, 1.54) is 32.2 Å². The van der Waals surface area contributed by atoms with Gasteiger partial charge in [0.05, 0.1) is 0 Å². The summed E-state index contributed by atoms with van der Waals surface area (Å²) in [6.07, 6.45) is 5.70. The molecule has 1 aliphatic rings. The van der Waals surface area contributed by atoms with E-state index in [0.29, 0.717) is 5.41 Å². The summed E-state index contributed by atoms with van der Waals surface area (Å²) in [4.78, 5) is 2.30. The quantitative estimate of drug-likeness (QED) is 0.611. The summed E-state index contributed by atoms with van der Waals surface area (Å²) in [7, 11) is 4.34. The molecular formula is C11H23N. The Balaban J connectivity index is 2.33. The van der Waals surface area contributed by atoms with Crippen LogP contribution in [-0.2, 0) is 0 Å². The van der Waals surface area contributed by atoms with Crippen molar-refractivity contribution >= 4 is 0 Å². The van der Waals surface area contributed by atoms with E-state index in [9.17, 15) is 0 Å². The maximum absolute atomic E-state index is 2.47. The Kier molecular flexibility index (Phi) is 3.16. The molecule has 0 N–H and O–H groups in total. The molecule has 1 aliphatic carbocycles. The largest absolute Gasteiger partial charge is 0.309 e. The lowest BCUT2D eigenvalue weighted by molar-refractivity contribution is 0.207. The molecular weight excluding hydrogens is 146 g/mol. The topological polar surface area (TPSA) is 3.24 Å². The second-order valence-electron chi connectivity index (χ2n) is 4.84. The Labute approximate surface area is 77.1 Å². The molecule has 0 aromatic heterocycles. The van der Waals surface area contributed by atoms with Crippen molar-refractivity contribution in [3.05, 3.63) is 0 Å². The molecule has 0 spiro atoms. The minimum Gasteiger partial charge on any atom is -0.309 e. The smallest absolute Gasteiger partial charge is 0.00195 e. The molecule has 1 rings (SSSR count). The molecule has 0 aliphatic heterocycles. The highest BCUT2D eigenvalue weighted by molar-refractivity contribution is 4.90. The number of nitrogens with zero attached hydrogens (tertiary/aromatic N) is 1. The molecule has 1 heteroatoms. The van der Waals surface area contributed by atoms with E-state index in [1.54, 1.807) is 0 Å². The maximum atomic E-state index is 2.47. The standard InChI is InChI=1S/C11H23N/c1-5-11(2,10-6-7-10)8-9-12(3)4/h10H,5-9H2,1-4H3. The fourth-order valence-electron chi connectivity index (χ4n) is 1.93. The Morgan fingerprint density at radius 2 is 1.92 bits per heavy atom. The Morgan fingerprint density at radius 1 is 1.33 bits per heavy atom. The van der Waals surface area contributed by atoms with E-state index in [1.807, 2.05) is 0 Å². The van der Waals surface area contributed by atoms with Gasteiger partial charge in [-0.2, -0.15) is 0 Å². The molecule has 0 radical (unpaired) electrons. The van der Waals surface area contributed by atoms with Crippen LogP contribution in [0.1, 0.15) is 39.5 Å². The minimum absolute atomic E-state index is 0.643. The van der Waals surface area contributed by atoms with Crippen LogP contribution in [0.5, 0.6) is 0 Å². The first kappa shape index (κ1) is 10.0. The SMILES string of the molecule is CCC(C)(CCN(C)C)C1CC1. The zero-order valence-electron chi connectivity index (χ0n) is 9.06. The van der Waals surface area contributed by atoms with Crippen molar-refractivity contribution in [3.63, 3.8) is 0 Å². The van der Waals surface area contributed by atoms with E-state index in [0.717, 1.165) is 5.92 Å².